The Balaban J connectivity index is 0.00000420. The number of benzene rings is 6. The van der Waals surface area contributed by atoms with E-state index < -0.39 is 5.41 Å². The molecule has 1 saturated heterocycles. The number of para-hydroxylation sites is 1. The first-order chi connectivity index (χ1) is 27.7. The fraction of sp³-hybridized carbons (Fsp3) is 0.222. The van der Waals surface area contributed by atoms with Gasteiger partial charge in [0.15, 0.2) is 18.0 Å². The summed E-state index contributed by atoms with van der Waals surface area (Å²) in [5, 5.41) is 2.36. The van der Waals surface area contributed by atoms with E-state index in [9.17, 15) is 0 Å². The van der Waals surface area contributed by atoms with E-state index in [4.69, 9.17) is 4.98 Å². The van der Waals surface area contributed by atoms with Crippen LogP contribution in [0.5, 0.6) is 0 Å². The first kappa shape index (κ1) is 38.1. The number of aromatic nitrogens is 2. The van der Waals surface area contributed by atoms with Crippen LogP contribution in [0, 0.1) is 25.7 Å². The SMILES string of the molecule is Cc1ccc2c(c1)[N@@+]1(C)[CH-][N@+]2(c2[c-]c(C3(c4[c-]c5c(cc4)c4ccccc4n5-c4cc(C(C)(C)C)ccn4)c4ccccc4-c4ccccc43)cc(C(C)(C)C)c2)C1.[Pt]. The molecule has 12 rings (SSSR count). The van der Waals surface area contributed by atoms with Gasteiger partial charge in [-0.05, 0) is 74.7 Å². The van der Waals surface area contributed by atoms with Crippen molar-refractivity contribution in [2.24, 2.45) is 0 Å². The zero-order valence-electron chi connectivity index (χ0n) is 35.1. The maximum atomic E-state index is 5.04. The fourth-order valence-corrected chi connectivity index (χ4v) is 10.5. The van der Waals surface area contributed by atoms with Gasteiger partial charge in [0.1, 0.15) is 5.82 Å². The monoisotopic (exact) mass is 948 g/mol. The molecule has 5 heteroatoms. The molecule has 4 aliphatic rings. The maximum Gasteiger partial charge on any atom is 0.179 e. The van der Waals surface area contributed by atoms with Gasteiger partial charge < -0.3 is 13.5 Å². The van der Waals surface area contributed by atoms with Gasteiger partial charge in [-0.2, -0.15) is 24.3 Å². The molecule has 1 fully saturated rings. The molecule has 8 aromatic rings. The predicted octanol–water partition coefficient (Wildman–Crippen LogP) is 12.7. The molecule has 0 unspecified atom stereocenters. The second-order valence-electron chi connectivity index (χ2n) is 19.3. The summed E-state index contributed by atoms with van der Waals surface area (Å²) >= 11 is 0. The molecule has 0 N–H and O–H groups in total. The summed E-state index contributed by atoms with van der Waals surface area (Å²) in [7, 11) is 2.34. The summed E-state index contributed by atoms with van der Waals surface area (Å²) in [6.07, 6.45) is 1.96. The van der Waals surface area contributed by atoms with Crippen LogP contribution in [-0.4, -0.2) is 23.3 Å². The minimum Gasteiger partial charge on any atom is -0.325 e. The Morgan fingerprint density at radius 1 is 0.661 bits per heavy atom. The Hall–Kier alpha value is -5.12. The molecular weight excluding hydrogens is 900 g/mol. The Kier molecular flexibility index (Phi) is 8.20. The molecule has 0 saturated carbocycles. The number of fused-ring (bicyclic) bond motifs is 6. The van der Waals surface area contributed by atoms with Crippen molar-refractivity contribution in [2.75, 3.05) is 13.7 Å². The number of pyridine rings is 1. The van der Waals surface area contributed by atoms with Crippen molar-refractivity contribution < 1.29 is 21.1 Å². The summed E-state index contributed by atoms with van der Waals surface area (Å²) in [5.74, 6) is 0.908. The molecule has 6 aromatic carbocycles. The van der Waals surface area contributed by atoms with Gasteiger partial charge in [0.05, 0.1) is 13.7 Å². The third kappa shape index (κ3) is 5.22. The number of hydrogen-bond donors (Lipinski definition) is 0. The Bertz CT molecular complexity index is 2980. The van der Waals surface area contributed by atoms with Crippen molar-refractivity contribution in [1.29, 1.82) is 0 Å². The molecule has 2 bridgehead atoms. The van der Waals surface area contributed by atoms with E-state index in [0.717, 1.165) is 39.1 Å². The van der Waals surface area contributed by atoms with E-state index in [1.807, 2.05) is 6.20 Å². The van der Waals surface area contributed by atoms with Crippen LogP contribution in [0.1, 0.15) is 80.5 Å². The van der Waals surface area contributed by atoms with Crippen LogP contribution >= 0.6 is 0 Å². The predicted molar refractivity (Wildman–Crippen MR) is 240 cm³/mol. The standard InChI is InChI=1S/C54H49N4.Pt/c1-35-21-24-49-50(27-35)57(8)33-58(49,34-57)40-29-38(53(5,6)7)28-39(30-40)54(45-18-12-9-15-41(45)42-16-10-13-19-46(42)54)37-22-23-44-43-17-11-14-20-47(43)56(48(44)31-37)51-32-36(25-26-55-51)52(2,3)4;/h9-29,32-33H,34H2,1-8H3;/q-1;/t57-,58+;/m0./s1. The summed E-state index contributed by atoms with van der Waals surface area (Å²) < 4.78 is 3.85. The van der Waals surface area contributed by atoms with Crippen LogP contribution in [-0.2, 0) is 37.3 Å². The topological polar surface area (TPSA) is 17.8 Å². The molecule has 3 aliphatic heterocycles. The van der Waals surface area contributed by atoms with Gasteiger partial charge in [-0.1, -0.05) is 120 Å². The summed E-state index contributed by atoms with van der Waals surface area (Å²) in [4.78, 5) is 5.04. The molecule has 2 aromatic heterocycles. The average molecular weight is 949 g/mol. The Morgan fingerprint density at radius 3 is 2.02 bits per heavy atom. The van der Waals surface area contributed by atoms with Crippen LogP contribution in [0.3, 0.4) is 0 Å². The third-order valence-electron chi connectivity index (χ3n) is 13.4. The van der Waals surface area contributed by atoms with E-state index in [0.29, 0.717) is 4.48 Å². The third-order valence-corrected chi connectivity index (χ3v) is 13.4. The molecule has 296 valence electrons. The van der Waals surface area contributed by atoms with Crippen LogP contribution in [0.4, 0.5) is 17.1 Å². The minimum absolute atomic E-state index is 0. The largest absolute Gasteiger partial charge is 0.325 e. The van der Waals surface area contributed by atoms with E-state index in [1.165, 1.54) is 66.8 Å². The van der Waals surface area contributed by atoms with E-state index in [-0.39, 0.29) is 31.9 Å². The van der Waals surface area contributed by atoms with Crippen LogP contribution in [0.15, 0.2) is 134 Å². The second-order valence-corrected chi connectivity index (χ2v) is 19.3. The van der Waals surface area contributed by atoms with Gasteiger partial charge in [-0.25, -0.2) is 4.98 Å². The fourth-order valence-electron chi connectivity index (χ4n) is 10.5. The zero-order chi connectivity index (χ0) is 40.0. The molecule has 0 spiro atoms. The van der Waals surface area contributed by atoms with E-state index in [1.54, 1.807) is 0 Å². The van der Waals surface area contributed by atoms with Crippen molar-refractivity contribution in [3.05, 3.63) is 191 Å². The smallest absolute Gasteiger partial charge is 0.179 e. The Morgan fingerprint density at radius 2 is 1.32 bits per heavy atom. The van der Waals surface area contributed by atoms with Gasteiger partial charge in [-0.3, -0.25) is 0 Å². The maximum absolute atomic E-state index is 5.04. The van der Waals surface area contributed by atoms with Gasteiger partial charge in [0, 0.05) is 56.0 Å². The number of nitrogens with zero attached hydrogens (tertiary/aromatic N) is 4. The molecule has 4 nitrogen and oxygen atoms in total. The molecule has 0 radical (unpaired) electrons. The average Bonchev–Trinajstić information content (AvgIpc) is 3.85. The molecular formula is C54H49N4Pt-. The number of rotatable bonds is 4. The van der Waals surface area contributed by atoms with Gasteiger partial charge in [-0.15, -0.1) is 34.2 Å². The van der Waals surface area contributed by atoms with Crippen molar-refractivity contribution in [2.45, 2.75) is 64.7 Å². The molecule has 0 amide bonds. The van der Waals surface area contributed by atoms with E-state index in [2.05, 4.69) is 206 Å². The Labute approximate surface area is 363 Å². The molecule has 59 heavy (non-hydrogen) atoms. The molecule has 5 heterocycles. The van der Waals surface area contributed by atoms with Crippen LogP contribution in [0.2, 0.25) is 0 Å². The zero-order valence-corrected chi connectivity index (χ0v) is 37.4. The number of aryl methyl sites for hydroxylation is 1. The van der Waals surface area contributed by atoms with Crippen molar-refractivity contribution >= 4 is 38.9 Å². The normalized spacial score (nSPS) is 19.9. The van der Waals surface area contributed by atoms with Gasteiger partial charge in [0.2, 0.25) is 0 Å². The number of quaternary nitrogens is 2. The number of hydrogen-bond acceptors (Lipinski definition) is 1. The van der Waals surface area contributed by atoms with Crippen molar-refractivity contribution in [3.8, 4) is 16.9 Å². The summed E-state index contributed by atoms with van der Waals surface area (Å²) in [6, 6.07) is 56.2. The van der Waals surface area contributed by atoms with Crippen LogP contribution < -0.4 is 8.97 Å². The van der Waals surface area contributed by atoms with E-state index >= 15 is 0 Å². The molecule has 2 atom stereocenters. The van der Waals surface area contributed by atoms with Crippen LogP contribution in [0.25, 0.3) is 38.8 Å². The van der Waals surface area contributed by atoms with Gasteiger partial charge in [0.25, 0.3) is 0 Å². The second kappa shape index (κ2) is 12.7. The van der Waals surface area contributed by atoms with Crippen molar-refractivity contribution in [1.82, 2.24) is 18.5 Å². The van der Waals surface area contributed by atoms with Gasteiger partial charge >= 0.3 is 0 Å². The molecule has 1 aliphatic carbocycles. The van der Waals surface area contributed by atoms with Crippen molar-refractivity contribution in [3.63, 3.8) is 0 Å². The first-order valence-corrected chi connectivity index (χ1v) is 20.7. The summed E-state index contributed by atoms with van der Waals surface area (Å²) in [5.41, 5.74) is 16.4. The quantitative estimate of drug-likeness (QED) is 0.127. The minimum atomic E-state index is -0.698. The summed E-state index contributed by atoms with van der Waals surface area (Å²) in [6.45, 7) is 19.5. The first-order valence-electron chi connectivity index (χ1n) is 20.7.